The summed E-state index contributed by atoms with van der Waals surface area (Å²) in [5, 5.41) is -0.829. The van der Waals surface area contributed by atoms with Crippen LogP contribution in [0.2, 0.25) is 0 Å². The molecule has 1 aromatic rings. The van der Waals surface area contributed by atoms with Gasteiger partial charge in [-0.1, -0.05) is 12.1 Å². The quantitative estimate of drug-likeness (QED) is 0.862. The van der Waals surface area contributed by atoms with E-state index in [1.54, 1.807) is 0 Å². The summed E-state index contributed by atoms with van der Waals surface area (Å²) in [6.45, 7) is 0.350. The van der Waals surface area contributed by atoms with Crippen molar-refractivity contribution in [2.75, 3.05) is 12.8 Å². The van der Waals surface area contributed by atoms with Crippen LogP contribution in [0.15, 0.2) is 24.3 Å². The molecule has 0 saturated carbocycles. The summed E-state index contributed by atoms with van der Waals surface area (Å²) in [5.74, 6) is -0.405. The molecule has 1 saturated heterocycles. The van der Waals surface area contributed by atoms with E-state index in [0.29, 0.717) is 12.1 Å². The normalized spacial score (nSPS) is 24.6. The van der Waals surface area contributed by atoms with Gasteiger partial charge in [0.1, 0.15) is 5.37 Å². The summed E-state index contributed by atoms with van der Waals surface area (Å²) in [4.78, 5) is 0. The largest absolute Gasteiger partial charge is 0.416 e. The minimum atomic E-state index is -4.39. The smallest absolute Gasteiger partial charge is 0.256 e. The van der Waals surface area contributed by atoms with Gasteiger partial charge in [0.2, 0.25) is 0 Å². The summed E-state index contributed by atoms with van der Waals surface area (Å²) >= 11 is 0. The molecule has 1 aromatic carbocycles. The summed E-state index contributed by atoms with van der Waals surface area (Å²) in [5.41, 5.74) is 5.16. The first-order valence-electron chi connectivity index (χ1n) is 5.54. The van der Waals surface area contributed by atoms with Crippen molar-refractivity contribution in [2.24, 2.45) is 0 Å². The molecule has 4 nitrogen and oxygen atoms in total. The molecule has 106 valence electrons. The Morgan fingerprint density at radius 3 is 2.26 bits per heavy atom. The van der Waals surface area contributed by atoms with Crippen LogP contribution in [0.1, 0.15) is 17.0 Å². The Labute approximate surface area is 108 Å². The van der Waals surface area contributed by atoms with Gasteiger partial charge in [-0.3, -0.25) is 5.43 Å². The highest BCUT2D eigenvalue weighted by Gasteiger charge is 2.36. The maximum absolute atomic E-state index is 12.4. The van der Waals surface area contributed by atoms with Crippen molar-refractivity contribution in [3.63, 3.8) is 0 Å². The van der Waals surface area contributed by atoms with Crippen LogP contribution in [0.4, 0.5) is 13.2 Å². The lowest BCUT2D eigenvalue weighted by Crippen LogP contribution is -2.37. The van der Waals surface area contributed by atoms with E-state index in [2.05, 4.69) is 10.9 Å². The van der Waals surface area contributed by atoms with Crippen molar-refractivity contribution in [2.45, 2.75) is 17.5 Å². The Kier molecular flexibility index (Phi) is 3.59. The van der Waals surface area contributed by atoms with E-state index in [4.69, 9.17) is 0 Å². The van der Waals surface area contributed by atoms with Crippen molar-refractivity contribution in [1.29, 1.82) is 0 Å². The van der Waals surface area contributed by atoms with Gasteiger partial charge in [0.25, 0.3) is 0 Å². The van der Waals surface area contributed by atoms with Crippen molar-refractivity contribution >= 4 is 9.84 Å². The van der Waals surface area contributed by atoms with Crippen LogP contribution in [0.5, 0.6) is 0 Å². The number of hydrazine groups is 1. The van der Waals surface area contributed by atoms with E-state index in [9.17, 15) is 21.6 Å². The third-order valence-electron chi connectivity index (χ3n) is 3.06. The lowest BCUT2D eigenvalue weighted by Gasteiger charge is -2.17. The van der Waals surface area contributed by atoms with E-state index in [1.807, 2.05) is 0 Å². The highest BCUT2D eigenvalue weighted by molar-refractivity contribution is 7.91. The molecule has 2 rings (SSSR count). The van der Waals surface area contributed by atoms with Gasteiger partial charge in [-0.05, 0) is 17.7 Å². The number of halogens is 3. The summed E-state index contributed by atoms with van der Waals surface area (Å²) in [6, 6.07) is 4.57. The van der Waals surface area contributed by atoms with Crippen LogP contribution < -0.4 is 10.9 Å². The molecule has 2 atom stereocenters. The number of sulfone groups is 1. The van der Waals surface area contributed by atoms with Crippen molar-refractivity contribution in [3.05, 3.63) is 35.4 Å². The van der Waals surface area contributed by atoms with Gasteiger partial charge in [0.05, 0.1) is 5.56 Å². The molecule has 2 N–H and O–H groups in total. The molecule has 0 bridgehead atoms. The summed E-state index contributed by atoms with van der Waals surface area (Å²) < 4.78 is 60.4. The molecule has 19 heavy (non-hydrogen) atoms. The Balaban J connectivity index is 2.28. The van der Waals surface area contributed by atoms with E-state index in [-0.39, 0.29) is 0 Å². The second kappa shape index (κ2) is 4.77. The van der Waals surface area contributed by atoms with E-state index < -0.39 is 32.9 Å². The van der Waals surface area contributed by atoms with Gasteiger partial charge < -0.3 is 0 Å². The van der Waals surface area contributed by atoms with Crippen molar-refractivity contribution < 1.29 is 21.6 Å². The zero-order valence-electron chi connectivity index (χ0n) is 10.0. The predicted octanol–water partition coefficient (Wildman–Crippen LogP) is 1.27. The number of hydrogen-bond acceptors (Lipinski definition) is 4. The Bertz CT molecular complexity index is 554. The molecular formula is C11H13F3N2O2S. The third-order valence-corrected chi connectivity index (χ3v) is 4.43. The number of benzene rings is 1. The Hall–Kier alpha value is -1.12. The molecule has 0 aromatic heterocycles. The first-order valence-corrected chi connectivity index (χ1v) is 7.49. The predicted molar refractivity (Wildman–Crippen MR) is 64.0 cm³/mol. The van der Waals surface area contributed by atoms with E-state index in [1.165, 1.54) is 12.1 Å². The first-order chi connectivity index (χ1) is 8.69. The zero-order chi connectivity index (χ0) is 14.3. The average molecular weight is 294 g/mol. The number of alkyl halides is 3. The molecule has 1 aliphatic heterocycles. The fourth-order valence-electron chi connectivity index (χ4n) is 2.09. The minimum absolute atomic E-state index is 0.350. The fraction of sp³-hybridized carbons (Fsp3) is 0.455. The SMILES string of the molecule is CS(=O)(=O)C1NNCC1c1ccc(C(F)(F)F)cc1. The van der Waals surface area contributed by atoms with Crippen LogP contribution in [0.25, 0.3) is 0 Å². The van der Waals surface area contributed by atoms with Crippen LogP contribution in [-0.4, -0.2) is 26.6 Å². The van der Waals surface area contributed by atoms with Crippen molar-refractivity contribution in [1.82, 2.24) is 10.9 Å². The minimum Gasteiger partial charge on any atom is -0.256 e. The maximum Gasteiger partial charge on any atom is 0.416 e. The number of nitrogens with one attached hydrogen (secondary N) is 2. The maximum atomic E-state index is 12.4. The second-order valence-corrected chi connectivity index (χ2v) is 6.67. The third kappa shape index (κ3) is 3.07. The van der Waals surface area contributed by atoms with E-state index in [0.717, 1.165) is 18.4 Å². The van der Waals surface area contributed by atoms with Gasteiger partial charge in [-0.2, -0.15) is 13.2 Å². The first kappa shape index (κ1) is 14.3. The number of hydrogen-bond donors (Lipinski definition) is 2. The van der Waals surface area contributed by atoms with Crippen LogP contribution in [0, 0.1) is 0 Å². The molecule has 8 heteroatoms. The molecule has 0 amide bonds. The van der Waals surface area contributed by atoms with Crippen LogP contribution in [0.3, 0.4) is 0 Å². The van der Waals surface area contributed by atoms with Crippen LogP contribution >= 0.6 is 0 Å². The molecule has 1 heterocycles. The van der Waals surface area contributed by atoms with Gasteiger partial charge in [-0.15, -0.1) is 0 Å². The van der Waals surface area contributed by atoms with Gasteiger partial charge in [0.15, 0.2) is 9.84 Å². The van der Waals surface area contributed by atoms with E-state index >= 15 is 0 Å². The molecule has 0 aliphatic carbocycles. The zero-order valence-corrected chi connectivity index (χ0v) is 10.8. The summed E-state index contributed by atoms with van der Waals surface area (Å²) in [6.07, 6.45) is -3.30. The lowest BCUT2D eigenvalue weighted by molar-refractivity contribution is -0.137. The van der Waals surface area contributed by atoms with Gasteiger partial charge >= 0.3 is 6.18 Å². The van der Waals surface area contributed by atoms with Gasteiger partial charge in [-0.25, -0.2) is 13.8 Å². The molecule has 2 unspecified atom stereocenters. The Morgan fingerprint density at radius 2 is 1.79 bits per heavy atom. The summed E-state index contributed by atoms with van der Waals surface area (Å²) in [7, 11) is -3.33. The fourth-order valence-corrected chi connectivity index (χ4v) is 3.24. The molecule has 0 radical (unpaired) electrons. The average Bonchev–Trinajstić information content (AvgIpc) is 2.76. The van der Waals surface area contributed by atoms with Gasteiger partial charge in [0, 0.05) is 18.7 Å². The van der Waals surface area contributed by atoms with Crippen LogP contribution in [-0.2, 0) is 16.0 Å². The topological polar surface area (TPSA) is 58.2 Å². The standard InChI is InChI=1S/C11H13F3N2O2S/c1-19(17,18)10-9(6-15-16-10)7-2-4-8(5-3-7)11(12,13)14/h2-5,9-10,15-16H,6H2,1H3. The Morgan fingerprint density at radius 1 is 1.21 bits per heavy atom. The molecular weight excluding hydrogens is 281 g/mol. The monoisotopic (exact) mass is 294 g/mol. The number of rotatable bonds is 2. The second-order valence-electron chi connectivity index (χ2n) is 4.50. The molecule has 1 fully saturated rings. The molecule has 1 aliphatic rings. The van der Waals surface area contributed by atoms with Crippen molar-refractivity contribution in [3.8, 4) is 0 Å². The lowest BCUT2D eigenvalue weighted by atomic mass is 9.99. The highest BCUT2D eigenvalue weighted by atomic mass is 32.2. The highest BCUT2D eigenvalue weighted by Crippen LogP contribution is 2.31. The molecule has 0 spiro atoms.